The Morgan fingerprint density at radius 1 is 1.19 bits per heavy atom. The average molecular weight is 398 g/mol. The Hall–Kier alpha value is -2.15. The number of aromatic nitrogens is 2. The van der Waals surface area contributed by atoms with Crippen molar-refractivity contribution < 1.29 is 18.7 Å². The molecular formula is C19H25ClFN3O3. The summed E-state index contributed by atoms with van der Waals surface area (Å²) >= 11 is 6.15. The van der Waals surface area contributed by atoms with Crippen molar-refractivity contribution in [1.29, 1.82) is 0 Å². The quantitative estimate of drug-likeness (QED) is 0.512. The van der Waals surface area contributed by atoms with Crippen LogP contribution in [0.3, 0.4) is 0 Å². The van der Waals surface area contributed by atoms with Gasteiger partial charge in [0.1, 0.15) is 5.60 Å². The van der Waals surface area contributed by atoms with E-state index in [2.05, 4.69) is 15.3 Å². The van der Waals surface area contributed by atoms with E-state index in [1.807, 2.05) is 20.8 Å². The third-order valence-corrected chi connectivity index (χ3v) is 3.93. The molecule has 2 aromatic rings. The molecule has 0 aliphatic heterocycles. The van der Waals surface area contributed by atoms with Crippen LogP contribution in [0.5, 0.6) is 5.75 Å². The number of esters is 1. The van der Waals surface area contributed by atoms with Gasteiger partial charge in [0.05, 0.1) is 18.1 Å². The Morgan fingerprint density at radius 2 is 1.89 bits per heavy atom. The van der Waals surface area contributed by atoms with Crippen molar-refractivity contribution in [3.05, 3.63) is 23.1 Å². The number of hydrogen-bond acceptors (Lipinski definition) is 6. The summed E-state index contributed by atoms with van der Waals surface area (Å²) in [5.74, 6) is -0.189. The maximum absolute atomic E-state index is 13.8. The van der Waals surface area contributed by atoms with Crippen molar-refractivity contribution in [1.82, 2.24) is 9.97 Å². The predicted octanol–water partition coefficient (Wildman–Crippen LogP) is 4.74. The molecule has 1 heterocycles. The van der Waals surface area contributed by atoms with Crippen LogP contribution in [0.15, 0.2) is 12.1 Å². The topological polar surface area (TPSA) is 73.3 Å². The van der Waals surface area contributed by atoms with E-state index in [4.69, 9.17) is 21.1 Å². The summed E-state index contributed by atoms with van der Waals surface area (Å²) in [4.78, 5) is 20.2. The smallest absolute Gasteiger partial charge is 0.306 e. The average Bonchev–Trinajstić information content (AvgIpc) is 2.56. The zero-order valence-electron chi connectivity index (χ0n) is 16.1. The number of methoxy groups -OCH3 is 1. The van der Waals surface area contributed by atoms with Crippen LogP contribution in [0.1, 0.15) is 46.5 Å². The summed E-state index contributed by atoms with van der Waals surface area (Å²) in [7, 11) is 1.39. The summed E-state index contributed by atoms with van der Waals surface area (Å²) in [5.41, 5.74) is 0.402. The van der Waals surface area contributed by atoms with Crippen molar-refractivity contribution >= 4 is 34.4 Å². The van der Waals surface area contributed by atoms with Gasteiger partial charge in [0.25, 0.3) is 0 Å². The third-order valence-electron chi connectivity index (χ3n) is 3.67. The molecule has 0 fully saturated rings. The number of halogens is 2. The number of ether oxygens (including phenoxy) is 2. The van der Waals surface area contributed by atoms with E-state index in [0.717, 1.165) is 19.3 Å². The number of nitrogens with zero attached hydrogens (tertiary/aromatic N) is 2. The van der Waals surface area contributed by atoms with Crippen molar-refractivity contribution in [2.45, 2.75) is 52.1 Å². The third kappa shape index (κ3) is 6.50. The van der Waals surface area contributed by atoms with Crippen LogP contribution in [0.4, 0.5) is 10.2 Å². The van der Waals surface area contributed by atoms with Gasteiger partial charge >= 0.3 is 5.97 Å². The molecule has 0 aliphatic carbocycles. The molecule has 0 saturated heterocycles. The lowest BCUT2D eigenvalue weighted by atomic mass is 10.1. The zero-order valence-corrected chi connectivity index (χ0v) is 16.8. The van der Waals surface area contributed by atoms with Gasteiger partial charge in [-0.25, -0.2) is 14.4 Å². The highest BCUT2D eigenvalue weighted by atomic mass is 35.5. The van der Waals surface area contributed by atoms with E-state index in [9.17, 15) is 9.18 Å². The summed E-state index contributed by atoms with van der Waals surface area (Å²) in [6, 6.07) is 2.73. The minimum atomic E-state index is -0.505. The molecule has 27 heavy (non-hydrogen) atoms. The number of nitrogens with one attached hydrogen (secondary N) is 1. The van der Waals surface area contributed by atoms with Gasteiger partial charge < -0.3 is 14.8 Å². The molecule has 1 aromatic heterocycles. The summed E-state index contributed by atoms with van der Waals surface area (Å²) in [6.07, 6.45) is 2.83. The van der Waals surface area contributed by atoms with Gasteiger partial charge in [-0.3, -0.25) is 4.79 Å². The largest absolute Gasteiger partial charge is 0.494 e. The minimum Gasteiger partial charge on any atom is -0.494 e. The van der Waals surface area contributed by atoms with Crippen LogP contribution in [-0.2, 0) is 9.53 Å². The second kappa shape index (κ2) is 9.17. The van der Waals surface area contributed by atoms with E-state index in [0.29, 0.717) is 29.8 Å². The molecule has 2 rings (SSSR count). The second-order valence-electron chi connectivity index (χ2n) is 7.16. The number of carbonyl (C=O) groups is 1. The van der Waals surface area contributed by atoms with Crippen molar-refractivity contribution in [3.8, 4) is 5.75 Å². The Kier molecular flexibility index (Phi) is 7.18. The first-order valence-electron chi connectivity index (χ1n) is 8.86. The van der Waals surface area contributed by atoms with E-state index < -0.39 is 11.4 Å². The van der Waals surface area contributed by atoms with Gasteiger partial charge in [-0.2, -0.15) is 0 Å². The van der Waals surface area contributed by atoms with E-state index >= 15 is 0 Å². The predicted molar refractivity (Wildman–Crippen MR) is 104 cm³/mol. The maximum Gasteiger partial charge on any atom is 0.306 e. The van der Waals surface area contributed by atoms with Gasteiger partial charge in [0, 0.05) is 25.1 Å². The summed E-state index contributed by atoms with van der Waals surface area (Å²) < 4.78 is 24.0. The number of hydrogen-bond donors (Lipinski definition) is 1. The molecule has 0 unspecified atom stereocenters. The van der Waals surface area contributed by atoms with Crippen LogP contribution < -0.4 is 10.1 Å². The number of unbranched alkanes of at least 4 members (excludes halogenated alkanes) is 2. The Morgan fingerprint density at radius 3 is 2.56 bits per heavy atom. The normalized spacial score (nSPS) is 11.5. The first kappa shape index (κ1) is 21.2. The summed E-state index contributed by atoms with van der Waals surface area (Å²) in [5, 5.41) is 3.32. The highest BCUT2D eigenvalue weighted by Crippen LogP contribution is 2.26. The molecule has 148 valence electrons. The fraction of sp³-hybridized carbons (Fsp3) is 0.526. The monoisotopic (exact) mass is 397 g/mol. The number of anilines is 1. The second-order valence-corrected chi connectivity index (χ2v) is 7.52. The molecule has 6 nitrogen and oxygen atoms in total. The zero-order chi connectivity index (χ0) is 20.0. The number of fused-ring (bicyclic) bond motifs is 1. The van der Waals surface area contributed by atoms with Gasteiger partial charge in [-0.1, -0.05) is 18.0 Å². The molecule has 0 amide bonds. The van der Waals surface area contributed by atoms with E-state index in [1.165, 1.54) is 19.2 Å². The van der Waals surface area contributed by atoms with Gasteiger partial charge in [0.15, 0.2) is 22.5 Å². The van der Waals surface area contributed by atoms with Crippen molar-refractivity contribution in [2.24, 2.45) is 0 Å². The Balaban J connectivity index is 1.83. The fourth-order valence-corrected chi connectivity index (χ4v) is 2.68. The SMILES string of the molecule is COc1cc2nc(Cl)c(NCCCCCC(=O)OC(C)(C)C)nc2cc1F. The standard InChI is InChI=1S/C19H25ClFN3O3/c1-19(2,3)27-16(25)8-6-5-7-9-22-18-17(20)23-14-11-15(26-4)12(21)10-13(14)24-18/h10-11H,5-9H2,1-4H3,(H,22,24). The van der Waals surface area contributed by atoms with Gasteiger partial charge in [0.2, 0.25) is 0 Å². The minimum absolute atomic E-state index is 0.0959. The molecule has 0 radical (unpaired) electrons. The van der Waals surface area contributed by atoms with Crippen molar-refractivity contribution in [2.75, 3.05) is 19.0 Å². The lowest BCUT2D eigenvalue weighted by Crippen LogP contribution is -2.23. The molecule has 0 saturated carbocycles. The van der Waals surface area contributed by atoms with Crippen LogP contribution in [0.2, 0.25) is 5.15 Å². The molecule has 0 aliphatic rings. The molecule has 1 N–H and O–H groups in total. The first-order valence-corrected chi connectivity index (χ1v) is 9.24. The molecule has 0 bridgehead atoms. The Bertz CT molecular complexity index is 809. The van der Waals surface area contributed by atoms with Crippen LogP contribution in [-0.4, -0.2) is 35.2 Å². The van der Waals surface area contributed by atoms with Crippen LogP contribution in [0, 0.1) is 5.82 Å². The van der Waals surface area contributed by atoms with Gasteiger partial charge in [-0.05, 0) is 33.6 Å². The molecule has 8 heteroatoms. The van der Waals surface area contributed by atoms with E-state index in [-0.39, 0.29) is 16.9 Å². The molecular weight excluding hydrogens is 373 g/mol. The van der Waals surface area contributed by atoms with E-state index in [1.54, 1.807) is 0 Å². The lowest BCUT2D eigenvalue weighted by molar-refractivity contribution is -0.154. The van der Waals surface area contributed by atoms with Crippen molar-refractivity contribution in [3.63, 3.8) is 0 Å². The Labute approximate surface area is 163 Å². The summed E-state index contributed by atoms with van der Waals surface area (Å²) in [6.45, 7) is 6.17. The van der Waals surface area contributed by atoms with Crippen LogP contribution in [0.25, 0.3) is 11.0 Å². The molecule has 0 spiro atoms. The highest BCUT2D eigenvalue weighted by molar-refractivity contribution is 6.32. The van der Waals surface area contributed by atoms with Gasteiger partial charge in [-0.15, -0.1) is 0 Å². The lowest BCUT2D eigenvalue weighted by Gasteiger charge is -2.19. The van der Waals surface area contributed by atoms with Crippen LogP contribution >= 0.6 is 11.6 Å². The fourth-order valence-electron chi connectivity index (χ4n) is 2.48. The number of carbonyl (C=O) groups excluding carboxylic acids is 1. The molecule has 1 aromatic carbocycles. The first-order chi connectivity index (χ1) is 12.7. The molecule has 0 atom stereocenters. The number of benzene rings is 1. The maximum atomic E-state index is 13.8. The number of rotatable bonds is 8. The highest BCUT2D eigenvalue weighted by Gasteiger charge is 2.15.